The van der Waals surface area contributed by atoms with Gasteiger partial charge in [0.15, 0.2) is 0 Å². The van der Waals surface area contributed by atoms with Gasteiger partial charge in [0.2, 0.25) is 5.91 Å². The molecule has 0 bridgehead atoms. The molecule has 6 nitrogen and oxygen atoms in total. The summed E-state index contributed by atoms with van der Waals surface area (Å²) in [5, 5.41) is 1.64. The molecule has 1 aromatic carbocycles. The Morgan fingerprint density at radius 2 is 2.36 bits per heavy atom. The van der Waals surface area contributed by atoms with Crippen LogP contribution in [0.15, 0.2) is 17.1 Å². The van der Waals surface area contributed by atoms with Crippen LogP contribution in [0.4, 0.5) is 5.69 Å². The zero-order valence-corrected chi connectivity index (χ0v) is 13.5. The van der Waals surface area contributed by atoms with Crippen LogP contribution in [0.5, 0.6) is 5.75 Å². The molecule has 0 radical (unpaired) electrons. The molecule has 8 heteroatoms. The van der Waals surface area contributed by atoms with Crippen LogP contribution in [-0.4, -0.2) is 47.9 Å². The average molecular weight is 334 g/mol. The Morgan fingerprint density at radius 3 is 3.14 bits per heavy atom. The summed E-state index contributed by atoms with van der Waals surface area (Å²) < 4.78 is 6.81. The first-order valence-electron chi connectivity index (χ1n) is 6.90. The molecule has 0 saturated carbocycles. The van der Waals surface area contributed by atoms with E-state index in [1.54, 1.807) is 11.3 Å². The van der Waals surface area contributed by atoms with Crippen molar-refractivity contribution in [2.45, 2.75) is 6.04 Å². The first-order valence-corrected chi connectivity index (χ1v) is 8.71. The van der Waals surface area contributed by atoms with Crippen molar-refractivity contribution in [2.75, 3.05) is 30.9 Å². The van der Waals surface area contributed by atoms with Crippen molar-refractivity contribution in [3.63, 3.8) is 0 Å². The minimum absolute atomic E-state index is 0.380. The normalized spacial score (nSPS) is 20.7. The second-order valence-electron chi connectivity index (χ2n) is 5.24. The van der Waals surface area contributed by atoms with E-state index in [9.17, 15) is 4.79 Å². The van der Waals surface area contributed by atoms with Gasteiger partial charge < -0.3 is 15.4 Å². The number of nitrogens with two attached hydrogens (primary N) is 1. The minimum atomic E-state index is -0.435. The van der Waals surface area contributed by atoms with Gasteiger partial charge in [0.05, 0.1) is 22.4 Å². The van der Waals surface area contributed by atoms with E-state index in [0.29, 0.717) is 12.4 Å². The number of hydrogen-bond donors (Lipinski definition) is 1. The van der Waals surface area contributed by atoms with Crippen LogP contribution in [0.1, 0.15) is 5.01 Å². The van der Waals surface area contributed by atoms with Crippen molar-refractivity contribution in [1.29, 1.82) is 0 Å². The summed E-state index contributed by atoms with van der Waals surface area (Å²) in [6, 6.07) is 3.65. The maximum atomic E-state index is 11.2. The lowest BCUT2D eigenvalue weighted by Crippen LogP contribution is -2.28. The molecule has 0 spiro atoms. The van der Waals surface area contributed by atoms with Crippen LogP contribution in [0, 0.1) is 0 Å². The summed E-state index contributed by atoms with van der Waals surface area (Å²) in [5.74, 6) is 1.09. The van der Waals surface area contributed by atoms with E-state index >= 15 is 0 Å². The number of hydrogen-bond acceptors (Lipinski definition) is 7. The number of thioether (sulfide) groups is 1. The van der Waals surface area contributed by atoms with Gasteiger partial charge >= 0.3 is 0 Å². The highest BCUT2D eigenvalue weighted by Gasteiger charge is 2.26. The van der Waals surface area contributed by atoms with Crippen LogP contribution in [0.3, 0.4) is 0 Å². The van der Waals surface area contributed by atoms with Crippen molar-refractivity contribution < 1.29 is 9.53 Å². The molecule has 114 valence electrons. The van der Waals surface area contributed by atoms with Crippen molar-refractivity contribution in [2.24, 2.45) is 10.7 Å². The van der Waals surface area contributed by atoms with Gasteiger partial charge in [-0.15, -0.1) is 23.1 Å². The third-order valence-corrected chi connectivity index (χ3v) is 5.94. The van der Waals surface area contributed by atoms with Gasteiger partial charge in [-0.25, -0.2) is 4.98 Å². The number of thiazole rings is 1. The molecule has 0 fully saturated rings. The summed E-state index contributed by atoms with van der Waals surface area (Å²) in [6.07, 6.45) is 0. The Hall–Kier alpha value is -1.80. The second kappa shape index (κ2) is 5.13. The lowest BCUT2D eigenvalue weighted by Gasteiger charge is -2.27. The Bertz CT molecular complexity index is 801. The highest BCUT2D eigenvalue weighted by Crippen LogP contribution is 2.38. The van der Waals surface area contributed by atoms with E-state index in [0.717, 1.165) is 38.2 Å². The third kappa shape index (κ3) is 2.22. The van der Waals surface area contributed by atoms with Crippen LogP contribution >= 0.6 is 23.1 Å². The van der Waals surface area contributed by atoms with Gasteiger partial charge in [0.25, 0.3) is 0 Å². The van der Waals surface area contributed by atoms with Crippen molar-refractivity contribution >= 4 is 50.0 Å². The SMILES string of the molecule is CN1CCOc2cc3nc(C4=N[C@@H](C(N)=O)CS4)sc3cc21. The molecule has 0 saturated heterocycles. The number of aromatic nitrogens is 1. The van der Waals surface area contributed by atoms with Crippen molar-refractivity contribution in [3.05, 3.63) is 17.1 Å². The molecule has 1 atom stereocenters. The number of anilines is 1. The minimum Gasteiger partial charge on any atom is -0.489 e. The predicted molar refractivity (Wildman–Crippen MR) is 90.4 cm³/mol. The number of carbonyl (C=O) groups excluding carboxylic acids is 1. The molecule has 4 rings (SSSR count). The molecule has 0 aliphatic carbocycles. The number of benzene rings is 1. The molecule has 0 unspecified atom stereocenters. The monoisotopic (exact) mass is 334 g/mol. The van der Waals surface area contributed by atoms with E-state index in [1.807, 2.05) is 6.07 Å². The van der Waals surface area contributed by atoms with Gasteiger partial charge in [-0.3, -0.25) is 9.79 Å². The lowest BCUT2D eigenvalue weighted by atomic mass is 10.2. The standard InChI is InChI=1S/C14H14N4O2S2/c1-18-2-3-20-10-4-7-11(5-9(10)18)22-14(16-7)13-17-8(6-21-13)12(15)19/h4-5,8H,2-3,6H2,1H3,(H2,15,19)/t8-/m1/s1. The summed E-state index contributed by atoms with van der Waals surface area (Å²) in [6.45, 7) is 1.57. The Labute approximate surface area is 135 Å². The molecular weight excluding hydrogens is 320 g/mol. The maximum Gasteiger partial charge on any atom is 0.243 e. The third-order valence-electron chi connectivity index (χ3n) is 3.73. The molecule has 3 heterocycles. The van der Waals surface area contributed by atoms with Crippen molar-refractivity contribution in [3.8, 4) is 5.75 Å². The first-order chi connectivity index (χ1) is 10.6. The highest BCUT2D eigenvalue weighted by molar-refractivity contribution is 8.15. The largest absolute Gasteiger partial charge is 0.489 e. The predicted octanol–water partition coefficient (Wildman–Crippen LogP) is 1.47. The van der Waals surface area contributed by atoms with Crippen LogP contribution < -0.4 is 15.4 Å². The molecule has 1 amide bonds. The number of aliphatic imine (C=N–C) groups is 1. The van der Waals surface area contributed by atoms with Gasteiger partial charge in [-0.2, -0.15) is 0 Å². The second-order valence-corrected chi connectivity index (χ2v) is 7.28. The zero-order chi connectivity index (χ0) is 15.3. The fourth-order valence-corrected chi connectivity index (χ4v) is 4.60. The van der Waals surface area contributed by atoms with E-state index in [1.165, 1.54) is 11.8 Å². The number of ether oxygens (including phenoxy) is 1. The van der Waals surface area contributed by atoms with Gasteiger partial charge in [-0.1, -0.05) is 0 Å². The zero-order valence-electron chi connectivity index (χ0n) is 11.9. The summed E-state index contributed by atoms with van der Waals surface area (Å²) in [5.41, 5.74) is 7.30. The average Bonchev–Trinajstić information content (AvgIpc) is 3.12. The number of amides is 1. The molecule has 22 heavy (non-hydrogen) atoms. The molecule has 2 N–H and O–H groups in total. The fourth-order valence-electron chi connectivity index (χ4n) is 2.50. The number of likely N-dealkylation sites (N-methyl/N-ethyl adjacent to an activating group) is 1. The number of fused-ring (bicyclic) bond motifs is 2. The summed E-state index contributed by atoms with van der Waals surface area (Å²) in [4.78, 5) is 22.4. The Morgan fingerprint density at radius 1 is 1.50 bits per heavy atom. The number of rotatable bonds is 2. The first kappa shape index (κ1) is 13.8. The van der Waals surface area contributed by atoms with E-state index in [2.05, 4.69) is 28.0 Å². The summed E-state index contributed by atoms with van der Waals surface area (Å²) in [7, 11) is 2.06. The van der Waals surface area contributed by atoms with Gasteiger partial charge in [-0.05, 0) is 6.07 Å². The van der Waals surface area contributed by atoms with E-state index in [4.69, 9.17) is 10.5 Å². The topological polar surface area (TPSA) is 80.8 Å². The Kier molecular flexibility index (Phi) is 3.23. The molecular formula is C14H14N4O2S2. The number of carbonyl (C=O) groups is 1. The molecule has 2 aliphatic rings. The maximum absolute atomic E-state index is 11.2. The van der Waals surface area contributed by atoms with Crippen LogP contribution in [0.2, 0.25) is 0 Å². The fraction of sp³-hybridized carbons (Fsp3) is 0.357. The van der Waals surface area contributed by atoms with Crippen molar-refractivity contribution in [1.82, 2.24) is 4.98 Å². The molecule has 1 aromatic heterocycles. The molecule has 2 aliphatic heterocycles. The van der Waals surface area contributed by atoms with Gasteiger partial charge in [0, 0.05) is 18.9 Å². The van der Waals surface area contributed by atoms with Crippen LogP contribution in [0.25, 0.3) is 10.2 Å². The van der Waals surface area contributed by atoms with Gasteiger partial charge in [0.1, 0.15) is 28.4 Å². The number of nitrogens with zero attached hydrogens (tertiary/aromatic N) is 3. The van der Waals surface area contributed by atoms with E-state index < -0.39 is 6.04 Å². The highest BCUT2D eigenvalue weighted by atomic mass is 32.2. The lowest BCUT2D eigenvalue weighted by molar-refractivity contribution is -0.118. The summed E-state index contributed by atoms with van der Waals surface area (Å²) >= 11 is 3.12. The quantitative estimate of drug-likeness (QED) is 0.899. The van der Waals surface area contributed by atoms with E-state index in [-0.39, 0.29) is 5.91 Å². The molecule has 2 aromatic rings. The smallest absolute Gasteiger partial charge is 0.243 e. The van der Waals surface area contributed by atoms with Crippen LogP contribution in [-0.2, 0) is 4.79 Å². The number of primary amides is 1. The Balaban J connectivity index is 1.75.